The second-order valence-electron chi connectivity index (χ2n) is 2.23. The lowest BCUT2D eigenvalue weighted by Crippen LogP contribution is -2.14. The summed E-state index contributed by atoms with van der Waals surface area (Å²) in [7, 11) is 1.51. The van der Waals surface area contributed by atoms with Gasteiger partial charge >= 0.3 is 5.97 Å². The maximum atomic E-state index is 10.6. The normalized spacial score (nSPS) is 9.75. The lowest BCUT2D eigenvalue weighted by Gasteiger charge is -1.88. The van der Waals surface area contributed by atoms with E-state index in [0.717, 1.165) is 0 Å². The molecule has 12 heavy (non-hydrogen) atoms. The van der Waals surface area contributed by atoms with Gasteiger partial charge in [0.1, 0.15) is 0 Å². The second kappa shape index (κ2) is 2.65. The van der Waals surface area contributed by atoms with Crippen molar-refractivity contribution in [3.8, 4) is 0 Å². The number of hydrogen-bond donors (Lipinski definition) is 2. The Labute approximate surface area is 67.6 Å². The first-order chi connectivity index (χ1) is 5.52. The van der Waals surface area contributed by atoms with E-state index in [9.17, 15) is 9.59 Å². The molecular weight excluding hydrogens is 162 g/mol. The van der Waals surface area contributed by atoms with Crippen molar-refractivity contribution >= 4 is 11.9 Å². The number of carboxylic acids is 1. The fourth-order valence-electron chi connectivity index (χ4n) is 0.827. The highest BCUT2D eigenvalue weighted by atomic mass is 16.4. The minimum atomic E-state index is -1.26. The quantitative estimate of drug-likeness (QED) is 0.606. The number of carbonyl (C=O) groups is 2. The summed E-state index contributed by atoms with van der Waals surface area (Å²) in [6.07, 6.45) is 1.27. The van der Waals surface area contributed by atoms with Gasteiger partial charge in [0.15, 0.2) is 5.69 Å². The Bertz CT molecular complexity index is 310. The highest BCUT2D eigenvalue weighted by Gasteiger charge is 2.18. The van der Waals surface area contributed by atoms with E-state index >= 15 is 0 Å². The Kier molecular flexibility index (Phi) is 1.82. The SMILES string of the molecule is Cn1cc(C(N)=O)c(C(=O)O)n1. The van der Waals surface area contributed by atoms with E-state index in [1.807, 2.05) is 0 Å². The van der Waals surface area contributed by atoms with E-state index in [1.165, 1.54) is 17.9 Å². The van der Waals surface area contributed by atoms with Crippen LogP contribution in [-0.4, -0.2) is 26.8 Å². The minimum Gasteiger partial charge on any atom is -0.476 e. The Morgan fingerprint density at radius 3 is 2.58 bits per heavy atom. The standard InChI is InChI=1S/C6H7N3O3/c1-9-2-3(5(7)10)4(8-9)6(11)12/h2H,1H3,(H2,7,10)(H,11,12). The van der Waals surface area contributed by atoms with E-state index in [1.54, 1.807) is 0 Å². The average molecular weight is 169 g/mol. The molecule has 0 aliphatic carbocycles. The van der Waals surface area contributed by atoms with Crippen LogP contribution in [0.2, 0.25) is 0 Å². The van der Waals surface area contributed by atoms with Crippen molar-refractivity contribution in [2.24, 2.45) is 12.8 Å². The third-order valence-electron chi connectivity index (χ3n) is 1.30. The molecule has 0 saturated carbocycles. The number of carbonyl (C=O) groups excluding carboxylic acids is 1. The maximum absolute atomic E-state index is 10.6. The Hall–Kier alpha value is -1.85. The van der Waals surface area contributed by atoms with Crippen LogP contribution in [0.1, 0.15) is 20.8 Å². The molecule has 1 aromatic rings. The van der Waals surface area contributed by atoms with Crippen molar-refractivity contribution in [3.05, 3.63) is 17.5 Å². The zero-order chi connectivity index (χ0) is 9.30. The largest absolute Gasteiger partial charge is 0.476 e. The van der Waals surface area contributed by atoms with Crippen molar-refractivity contribution < 1.29 is 14.7 Å². The number of carboxylic acid groups (broad SMARTS) is 1. The molecule has 0 aliphatic rings. The van der Waals surface area contributed by atoms with Crippen LogP contribution >= 0.6 is 0 Å². The number of hydrogen-bond acceptors (Lipinski definition) is 3. The molecule has 0 fully saturated rings. The number of rotatable bonds is 2. The van der Waals surface area contributed by atoms with Gasteiger partial charge in [0.25, 0.3) is 5.91 Å². The van der Waals surface area contributed by atoms with Crippen molar-refractivity contribution in [2.75, 3.05) is 0 Å². The number of nitrogens with two attached hydrogens (primary N) is 1. The van der Waals surface area contributed by atoms with Crippen molar-refractivity contribution in [2.45, 2.75) is 0 Å². The van der Waals surface area contributed by atoms with Gasteiger partial charge in [-0.3, -0.25) is 9.48 Å². The highest BCUT2D eigenvalue weighted by Crippen LogP contribution is 2.04. The van der Waals surface area contributed by atoms with E-state index < -0.39 is 11.9 Å². The van der Waals surface area contributed by atoms with E-state index in [4.69, 9.17) is 10.8 Å². The molecule has 0 bridgehead atoms. The van der Waals surface area contributed by atoms with E-state index in [0.29, 0.717) is 0 Å². The average Bonchev–Trinajstić information content (AvgIpc) is 2.31. The summed E-state index contributed by atoms with van der Waals surface area (Å²) in [5.74, 6) is -2.05. The number of amides is 1. The molecule has 1 heterocycles. The molecule has 64 valence electrons. The van der Waals surface area contributed by atoms with E-state index in [2.05, 4.69) is 5.10 Å². The number of primary amides is 1. The van der Waals surface area contributed by atoms with Gasteiger partial charge in [0.2, 0.25) is 0 Å². The third-order valence-corrected chi connectivity index (χ3v) is 1.30. The monoisotopic (exact) mass is 169 g/mol. The Morgan fingerprint density at radius 2 is 2.25 bits per heavy atom. The lowest BCUT2D eigenvalue weighted by atomic mass is 10.2. The van der Waals surface area contributed by atoms with Gasteiger partial charge in [0, 0.05) is 13.2 Å². The molecule has 0 spiro atoms. The highest BCUT2D eigenvalue weighted by molar-refractivity contribution is 6.02. The topological polar surface area (TPSA) is 98.2 Å². The fraction of sp³-hybridized carbons (Fsp3) is 0.167. The minimum absolute atomic E-state index is 0.0787. The first-order valence-electron chi connectivity index (χ1n) is 3.09. The van der Waals surface area contributed by atoms with Crippen LogP contribution in [0.3, 0.4) is 0 Å². The predicted octanol–water partition coefficient (Wildman–Crippen LogP) is -0.783. The maximum Gasteiger partial charge on any atom is 0.357 e. The van der Waals surface area contributed by atoms with Gasteiger partial charge in [0.05, 0.1) is 5.56 Å². The molecule has 0 unspecified atom stereocenters. The second-order valence-corrected chi connectivity index (χ2v) is 2.23. The molecule has 0 radical (unpaired) electrons. The van der Waals surface area contributed by atoms with Gasteiger partial charge in [-0.25, -0.2) is 4.79 Å². The van der Waals surface area contributed by atoms with Crippen LogP contribution in [0.25, 0.3) is 0 Å². The molecule has 1 aromatic heterocycles. The number of aromatic carboxylic acids is 1. The zero-order valence-corrected chi connectivity index (χ0v) is 6.31. The third kappa shape index (κ3) is 1.26. The van der Waals surface area contributed by atoms with Crippen molar-refractivity contribution in [1.29, 1.82) is 0 Å². The summed E-state index contributed by atoms with van der Waals surface area (Å²) >= 11 is 0. The van der Waals surface area contributed by atoms with Gasteiger partial charge in [-0.1, -0.05) is 0 Å². The van der Waals surface area contributed by atoms with Gasteiger partial charge in [-0.2, -0.15) is 5.10 Å². The van der Waals surface area contributed by atoms with Crippen LogP contribution in [0.15, 0.2) is 6.20 Å². The van der Waals surface area contributed by atoms with Crippen molar-refractivity contribution in [3.63, 3.8) is 0 Å². The first-order valence-corrected chi connectivity index (χ1v) is 3.09. The van der Waals surface area contributed by atoms with Gasteiger partial charge in [-0.15, -0.1) is 0 Å². The zero-order valence-electron chi connectivity index (χ0n) is 6.31. The molecule has 0 aliphatic heterocycles. The number of aromatic nitrogens is 2. The number of nitrogens with zero attached hydrogens (tertiary/aromatic N) is 2. The summed E-state index contributed by atoms with van der Waals surface area (Å²) in [6, 6.07) is 0. The molecule has 6 heteroatoms. The van der Waals surface area contributed by atoms with Crippen molar-refractivity contribution in [1.82, 2.24) is 9.78 Å². The molecule has 1 rings (SSSR count). The lowest BCUT2D eigenvalue weighted by molar-refractivity contribution is 0.0685. The molecule has 0 aromatic carbocycles. The van der Waals surface area contributed by atoms with Gasteiger partial charge < -0.3 is 10.8 Å². The molecule has 1 amide bonds. The van der Waals surface area contributed by atoms with Crippen LogP contribution in [0, 0.1) is 0 Å². The van der Waals surface area contributed by atoms with Crippen LogP contribution in [0.4, 0.5) is 0 Å². The van der Waals surface area contributed by atoms with Gasteiger partial charge in [-0.05, 0) is 0 Å². The molecule has 3 N–H and O–H groups in total. The Morgan fingerprint density at radius 1 is 1.67 bits per heavy atom. The summed E-state index contributed by atoms with van der Waals surface area (Å²) in [4.78, 5) is 21.1. The van der Waals surface area contributed by atoms with E-state index in [-0.39, 0.29) is 11.3 Å². The summed E-state index contributed by atoms with van der Waals surface area (Å²) in [5, 5.41) is 12.1. The molecular formula is C6H7N3O3. The molecule has 6 nitrogen and oxygen atoms in total. The molecule has 0 saturated heterocycles. The van der Waals surface area contributed by atoms with Crippen LogP contribution in [0.5, 0.6) is 0 Å². The molecule has 0 atom stereocenters. The summed E-state index contributed by atoms with van der Waals surface area (Å²) in [6.45, 7) is 0. The first kappa shape index (κ1) is 8.25. The van der Waals surface area contributed by atoms with Crippen LogP contribution in [-0.2, 0) is 7.05 Å². The number of aryl methyl sites for hydroxylation is 1. The van der Waals surface area contributed by atoms with Crippen LogP contribution < -0.4 is 5.73 Å². The fourth-order valence-corrected chi connectivity index (χ4v) is 0.827. The summed E-state index contributed by atoms with van der Waals surface area (Å²) < 4.78 is 1.23. The smallest absolute Gasteiger partial charge is 0.357 e. The summed E-state index contributed by atoms with van der Waals surface area (Å²) in [5.41, 5.74) is 4.52. The predicted molar refractivity (Wildman–Crippen MR) is 38.7 cm³/mol. The Balaban J connectivity index is 3.26.